The Kier molecular flexibility index (Phi) is 4.70. The molecule has 19 heavy (non-hydrogen) atoms. The second-order valence-electron chi connectivity index (χ2n) is 3.78. The van der Waals surface area contributed by atoms with Gasteiger partial charge in [0.25, 0.3) is 0 Å². The van der Waals surface area contributed by atoms with Gasteiger partial charge in [-0.15, -0.1) is 0 Å². The molecule has 2 rings (SSSR count). The molecule has 0 spiro atoms. The maximum atomic E-state index is 11.9. The first-order chi connectivity index (χ1) is 9.08. The van der Waals surface area contributed by atoms with Gasteiger partial charge in [-0.1, -0.05) is 65.1 Å². The summed E-state index contributed by atoms with van der Waals surface area (Å²) in [6.07, 6.45) is 0. The van der Waals surface area contributed by atoms with Crippen LogP contribution in [0.1, 0.15) is 10.4 Å². The van der Waals surface area contributed by atoms with E-state index in [4.69, 9.17) is 39.5 Å². The second-order valence-corrected chi connectivity index (χ2v) is 5.03. The molecule has 0 fully saturated rings. The molecular formula is C14H9Cl3O2. The summed E-state index contributed by atoms with van der Waals surface area (Å²) in [5, 5.41) is 0.966. The van der Waals surface area contributed by atoms with Crippen LogP contribution in [0.15, 0.2) is 42.5 Å². The molecule has 0 aliphatic heterocycles. The number of hydrogen-bond acceptors (Lipinski definition) is 2. The summed E-state index contributed by atoms with van der Waals surface area (Å²) in [5.74, 6) is 0.111. The summed E-state index contributed by atoms with van der Waals surface area (Å²) >= 11 is 17.7. The molecule has 98 valence electrons. The van der Waals surface area contributed by atoms with Gasteiger partial charge < -0.3 is 4.74 Å². The van der Waals surface area contributed by atoms with E-state index in [2.05, 4.69) is 0 Å². The Morgan fingerprint density at radius 3 is 2.16 bits per heavy atom. The predicted octanol–water partition coefficient (Wildman–Crippen LogP) is 4.91. The smallest absolute Gasteiger partial charge is 0.200 e. The molecule has 0 radical (unpaired) electrons. The van der Waals surface area contributed by atoms with Gasteiger partial charge in [0.05, 0.1) is 10.0 Å². The minimum absolute atomic E-state index is 0.134. The molecular weight excluding hydrogens is 307 g/mol. The number of ketones is 1. The van der Waals surface area contributed by atoms with Crippen LogP contribution < -0.4 is 4.74 Å². The minimum atomic E-state index is -0.150. The molecule has 2 nitrogen and oxygen atoms in total. The number of rotatable bonds is 4. The van der Waals surface area contributed by atoms with Gasteiger partial charge in [-0.2, -0.15) is 0 Å². The Hall–Kier alpha value is -1.22. The highest BCUT2D eigenvalue weighted by molar-refractivity contribution is 6.40. The Morgan fingerprint density at radius 2 is 1.58 bits per heavy atom. The van der Waals surface area contributed by atoms with Gasteiger partial charge in [-0.05, 0) is 12.1 Å². The van der Waals surface area contributed by atoms with Gasteiger partial charge in [0.2, 0.25) is 0 Å². The fourth-order valence-electron chi connectivity index (χ4n) is 1.51. The van der Waals surface area contributed by atoms with Gasteiger partial charge >= 0.3 is 0 Å². The number of benzene rings is 2. The standard InChI is InChI=1S/C14H9Cl3O2/c15-10-6-11(16)14(12(17)7-10)19-8-13(18)9-4-2-1-3-5-9/h1-7H,8H2. The van der Waals surface area contributed by atoms with Gasteiger partial charge in [0, 0.05) is 10.6 Å². The first-order valence-electron chi connectivity index (χ1n) is 5.43. The van der Waals surface area contributed by atoms with E-state index in [0.717, 1.165) is 0 Å². The molecule has 0 N–H and O–H groups in total. The lowest BCUT2D eigenvalue weighted by Crippen LogP contribution is -2.11. The van der Waals surface area contributed by atoms with Crippen molar-refractivity contribution < 1.29 is 9.53 Å². The van der Waals surface area contributed by atoms with Crippen molar-refractivity contribution in [2.45, 2.75) is 0 Å². The Balaban J connectivity index is 2.10. The fourth-order valence-corrected chi connectivity index (χ4v) is 2.44. The third kappa shape index (κ3) is 3.63. The summed E-state index contributed by atoms with van der Waals surface area (Å²) < 4.78 is 5.37. The lowest BCUT2D eigenvalue weighted by molar-refractivity contribution is 0.0922. The first kappa shape index (κ1) is 14.2. The van der Waals surface area contributed by atoms with Crippen LogP contribution in [-0.4, -0.2) is 12.4 Å². The van der Waals surface area contributed by atoms with E-state index in [1.54, 1.807) is 24.3 Å². The number of hydrogen-bond donors (Lipinski definition) is 0. The molecule has 0 amide bonds. The molecule has 0 unspecified atom stereocenters. The number of carbonyl (C=O) groups excluding carboxylic acids is 1. The summed E-state index contributed by atoms with van der Waals surface area (Å²) in [7, 11) is 0. The minimum Gasteiger partial charge on any atom is -0.482 e. The van der Waals surface area contributed by atoms with Crippen LogP contribution in [0, 0.1) is 0 Å². The predicted molar refractivity (Wildman–Crippen MR) is 77.7 cm³/mol. The first-order valence-corrected chi connectivity index (χ1v) is 6.57. The number of Topliss-reactive ketones (excluding diaryl/α,β-unsaturated/α-hetero) is 1. The molecule has 2 aromatic rings. The quantitative estimate of drug-likeness (QED) is 0.749. The molecule has 0 saturated carbocycles. The molecule has 5 heteroatoms. The summed E-state index contributed by atoms with van der Waals surface area (Å²) in [6, 6.07) is 11.9. The van der Waals surface area contributed by atoms with Gasteiger partial charge in [-0.3, -0.25) is 4.79 Å². The maximum absolute atomic E-state index is 11.9. The van der Waals surface area contributed by atoms with E-state index in [1.807, 2.05) is 6.07 Å². The highest BCUT2D eigenvalue weighted by atomic mass is 35.5. The van der Waals surface area contributed by atoms with Crippen molar-refractivity contribution in [2.75, 3.05) is 6.61 Å². The zero-order chi connectivity index (χ0) is 13.8. The fraction of sp³-hybridized carbons (Fsp3) is 0.0714. The highest BCUT2D eigenvalue weighted by Gasteiger charge is 2.12. The third-order valence-corrected chi connectivity index (χ3v) is 3.19. The van der Waals surface area contributed by atoms with E-state index in [9.17, 15) is 4.79 Å². The Bertz CT molecular complexity index is 574. The lowest BCUT2D eigenvalue weighted by atomic mass is 10.1. The number of carbonyl (C=O) groups is 1. The second kappa shape index (κ2) is 6.29. The van der Waals surface area contributed by atoms with Crippen LogP contribution in [0.3, 0.4) is 0 Å². The maximum Gasteiger partial charge on any atom is 0.200 e. The largest absolute Gasteiger partial charge is 0.482 e. The molecule has 0 atom stereocenters. The van der Waals surface area contributed by atoms with Crippen molar-refractivity contribution in [1.82, 2.24) is 0 Å². The Morgan fingerprint density at radius 1 is 1.00 bits per heavy atom. The number of ether oxygens (including phenoxy) is 1. The zero-order valence-electron chi connectivity index (χ0n) is 9.70. The number of halogens is 3. The lowest BCUT2D eigenvalue weighted by Gasteiger charge is -2.09. The van der Waals surface area contributed by atoms with Crippen LogP contribution in [0.4, 0.5) is 0 Å². The van der Waals surface area contributed by atoms with E-state index in [1.165, 1.54) is 12.1 Å². The molecule has 0 heterocycles. The van der Waals surface area contributed by atoms with Crippen LogP contribution in [0.5, 0.6) is 5.75 Å². The molecule has 2 aromatic carbocycles. The monoisotopic (exact) mass is 314 g/mol. The zero-order valence-corrected chi connectivity index (χ0v) is 12.0. The van der Waals surface area contributed by atoms with Crippen LogP contribution in [-0.2, 0) is 0 Å². The van der Waals surface area contributed by atoms with Gasteiger partial charge in [0.1, 0.15) is 0 Å². The van der Waals surface area contributed by atoms with E-state index in [0.29, 0.717) is 10.6 Å². The summed E-state index contributed by atoms with van der Waals surface area (Å²) in [4.78, 5) is 11.9. The molecule has 0 aromatic heterocycles. The summed E-state index contributed by atoms with van der Waals surface area (Å²) in [6.45, 7) is -0.134. The van der Waals surface area contributed by atoms with E-state index >= 15 is 0 Å². The summed E-state index contributed by atoms with van der Waals surface area (Å²) in [5.41, 5.74) is 0.573. The van der Waals surface area contributed by atoms with Crippen molar-refractivity contribution in [3.63, 3.8) is 0 Å². The normalized spacial score (nSPS) is 10.3. The molecule has 0 aliphatic carbocycles. The third-order valence-electron chi connectivity index (χ3n) is 2.41. The average Bonchev–Trinajstić information content (AvgIpc) is 2.38. The Labute approximate surface area is 125 Å². The van der Waals surface area contributed by atoms with Crippen molar-refractivity contribution in [1.29, 1.82) is 0 Å². The van der Waals surface area contributed by atoms with Gasteiger partial charge in [-0.25, -0.2) is 0 Å². The van der Waals surface area contributed by atoms with Crippen molar-refractivity contribution >= 4 is 40.6 Å². The van der Waals surface area contributed by atoms with Gasteiger partial charge in [0.15, 0.2) is 18.1 Å². The SMILES string of the molecule is O=C(COc1c(Cl)cc(Cl)cc1Cl)c1ccccc1. The molecule has 0 aliphatic rings. The van der Waals surface area contributed by atoms with E-state index < -0.39 is 0 Å². The van der Waals surface area contributed by atoms with Crippen molar-refractivity contribution in [3.8, 4) is 5.75 Å². The van der Waals surface area contributed by atoms with Crippen molar-refractivity contribution in [3.05, 3.63) is 63.1 Å². The van der Waals surface area contributed by atoms with Crippen LogP contribution in [0.2, 0.25) is 15.1 Å². The van der Waals surface area contributed by atoms with E-state index in [-0.39, 0.29) is 28.2 Å². The molecule has 0 saturated heterocycles. The van der Waals surface area contributed by atoms with Crippen LogP contribution in [0.25, 0.3) is 0 Å². The van der Waals surface area contributed by atoms with Crippen LogP contribution >= 0.6 is 34.8 Å². The molecule has 0 bridgehead atoms. The topological polar surface area (TPSA) is 26.3 Å². The highest BCUT2D eigenvalue weighted by Crippen LogP contribution is 2.35. The van der Waals surface area contributed by atoms with Crippen molar-refractivity contribution in [2.24, 2.45) is 0 Å². The average molecular weight is 316 g/mol.